The molecule has 2 heterocycles. The molecule has 154 valence electrons. The first-order valence-corrected chi connectivity index (χ1v) is 10.4. The number of thioether (sulfide) groups is 1. The smallest absolute Gasteiger partial charge is 0.253 e. The van der Waals surface area contributed by atoms with Crippen molar-refractivity contribution in [1.29, 1.82) is 0 Å². The number of methoxy groups -OCH3 is 2. The molecule has 9 heteroatoms. The second kappa shape index (κ2) is 8.69. The Morgan fingerprint density at radius 2 is 2.00 bits per heavy atom. The second-order valence-corrected chi connectivity index (χ2v) is 7.42. The lowest BCUT2D eigenvalue weighted by Crippen LogP contribution is -2.29. The lowest BCUT2D eigenvalue weighted by atomic mass is 10.0. The van der Waals surface area contributed by atoms with E-state index >= 15 is 0 Å². The van der Waals surface area contributed by atoms with Crippen molar-refractivity contribution in [1.82, 2.24) is 24.9 Å². The summed E-state index contributed by atoms with van der Waals surface area (Å²) in [5.41, 5.74) is 3.37. The number of aryl methyl sites for hydroxylation is 2. The molecule has 0 aliphatic carbocycles. The largest absolute Gasteiger partial charge is 0.497 e. The van der Waals surface area contributed by atoms with Crippen LogP contribution in [0.15, 0.2) is 23.4 Å². The van der Waals surface area contributed by atoms with Gasteiger partial charge in [-0.25, -0.2) is 9.50 Å². The number of carbonyl (C=O) groups excluding carboxylic acids is 1. The van der Waals surface area contributed by atoms with E-state index in [0.29, 0.717) is 22.4 Å². The maximum absolute atomic E-state index is 12.8. The molecule has 0 radical (unpaired) electrons. The van der Waals surface area contributed by atoms with Crippen molar-refractivity contribution in [2.75, 3.05) is 20.5 Å². The van der Waals surface area contributed by atoms with Gasteiger partial charge in [0.1, 0.15) is 11.5 Å². The number of carbonyl (C=O) groups is 1. The highest BCUT2D eigenvalue weighted by Crippen LogP contribution is 2.29. The molecule has 0 aliphatic rings. The Balaban J connectivity index is 1.80. The molecular weight excluding hydrogens is 390 g/mol. The molecule has 1 N–H and O–H groups in total. The molecule has 2 aromatic heterocycles. The van der Waals surface area contributed by atoms with Gasteiger partial charge in [-0.3, -0.25) is 4.79 Å². The van der Waals surface area contributed by atoms with Gasteiger partial charge in [-0.15, -0.1) is 5.10 Å². The Kier molecular flexibility index (Phi) is 6.26. The molecule has 29 heavy (non-hydrogen) atoms. The van der Waals surface area contributed by atoms with Gasteiger partial charge in [-0.1, -0.05) is 11.8 Å². The van der Waals surface area contributed by atoms with E-state index in [0.717, 1.165) is 22.5 Å². The molecular formula is C20H25N5O3S. The fourth-order valence-electron chi connectivity index (χ4n) is 3.24. The SMILES string of the molecule is COc1ccc(C(C)NC(=O)Cc2c(C)nc3nc(SC)nn3c2C)c(OC)c1. The van der Waals surface area contributed by atoms with Gasteiger partial charge in [-0.2, -0.15) is 4.98 Å². The number of benzene rings is 1. The van der Waals surface area contributed by atoms with E-state index in [1.54, 1.807) is 24.8 Å². The zero-order valence-corrected chi connectivity index (χ0v) is 18.3. The monoisotopic (exact) mass is 415 g/mol. The lowest BCUT2D eigenvalue weighted by Gasteiger charge is -2.18. The topological polar surface area (TPSA) is 90.6 Å². The Morgan fingerprint density at radius 3 is 2.66 bits per heavy atom. The van der Waals surface area contributed by atoms with E-state index in [2.05, 4.69) is 20.4 Å². The van der Waals surface area contributed by atoms with E-state index in [-0.39, 0.29) is 18.4 Å². The van der Waals surface area contributed by atoms with Crippen LogP contribution in [0.1, 0.15) is 35.5 Å². The van der Waals surface area contributed by atoms with Crippen LogP contribution < -0.4 is 14.8 Å². The fraction of sp³-hybridized carbons (Fsp3) is 0.400. The Labute approximate surface area is 174 Å². The predicted molar refractivity (Wildman–Crippen MR) is 112 cm³/mol. The minimum atomic E-state index is -0.227. The second-order valence-electron chi connectivity index (χ2n) is 6.65. The van der Waals surface area contributed by atoms with E-state index in [9.17, 15) is 4.79 Å². The molecule has 1 aromatic carbocycles. The van der Waals surface area contributed by atoms with Gasteiger partial charge in [-0.05, 0) is 39.2 Å². The van der Waals surface area contributed by atoms with Crippen molar-refractivity contribution in [2.24, 2.45) is 0 Å². The first kappa shape index (κ1) is 20.9. The van der Waals surface area contributed by atoms with Gasteiger partial charge >= 0.3 is 0 Å². The molecule has 0 fully saturated rings. The number of rotatable bonds is 7. The zero-order valence-electron chi connectivity index (χ0n) is 17.4. The standard InChI is InChI=1S/C20H25N5O3S/c1-11(15-8-7-14(27-4)9-17(15)28-5)21-18(26)10-16-12(2)22-19-23-20(29-6)24-25(19)13(16)3/h7-9,11H,10H2,1-6H3,(H,21,26). The van der Waals surface area contributed by atoms with Crippen molar-refractivity contribution < 1.29 is 14.3 Å². The van der Waals surface area contributed by atoms with Crippen molar-refractivity contribution in [3.8, 4) is 11.5 Å². The summed E-state index contributed by atoms with van der Waals surface area (Å²) in [6.45, 7) is 5.74. The maximum atomic E-state index is 12.8. The summed E-state index contributed by atoms with van der Waals surface area (Å²) in [6.07, 6.45) is 2.12. The number of nitrogens with zero attached hydrogens (tertiary/aromatic N) is 4. The highest BCUT2D eigenvalue weighted by atomic mass is 32.2. The maximum Gasteiger partial charge on any atom is 0.253 e. The number of nitrogens with one attached hydrogen (secondary N) is 1. The van der Waals surface area contributed by atoms with Crippen molar-refractivity contribution in [2.45, 2.75) is 38.4 Å². The van der Waals surface area contributed by atoms with Crippen molar-refractivity contribution in [3.63, 3.8) is 0 Å². The third-order valence-electron chi connectivity index (χ3n) is 4.83. The van der Waals surface area contributed by atoms with E-state index in [1.165, 1.54) is 11.8 Å². The highest BCUT2D eigenvalue weighted by Gasteiger charge is 2.19. The van der Waals surface area contributed by atoms with Crippen LogP contribution in [0.2, 0.25) is 0 Å². The van der Waals surface area contributed by atoms with Gasteiger partial charge in [0.25, 0.3) is 5.78 Å². The molecule has 1 atom stereocenters. The average molecular weight is 416 g/mol. The average Bonchev–Trinajstić information content (AvgIpc) is 3.13. The molecule has 0 saturated heterocycles. The van der Waals surface area contributed by atoms with Gasteiger partial charge in [0, 0.05) is 28.6 Å². The summed E-state index contributed by atoms with van der Waals surface area (Å²) < 4.78 is 12.4. The Morgan fingerprint density at radius 1 is 1.24 bits per heavy atom. The van der Waals surface area contributed by atoms with Crippen LogP contribution in [-0.4, -0.2) is 46.0 Å². The van der Waals surface area contributed by atoms with Crippen LogP contribution in [0, 0.1) is 13.8 Å². The molecule has 3 aromatic rings. The minimum absolute atomic E-state index is 0.104. The molecule has 8 nitrogen and oxygen atoms in total. The summed E-state index contributed by atoms with van der Waals surface area (Å²) >= 11 is 1.46. The molecule has 3 rings (SSSR count). The lowest BCUT2D eigenvalue weighted by molar-refractivity contribution is -0.121. The van der Waals surface area contributed by atoms with E-state index in [4.69, 9.17) is 9.47 Å². The van der Waals surface area contributed by atoms with Gasteiger partial charge in [0.05, 0.1) is 26.7 Å². The molecule has 0 saturated carbocycles. The van der Waals surface area contributed by atoms with E-state index in [1.807, 2.05) is 39.2 Å². The summed E-state index contributed by atoms with van der Waals surface area (Å²) in [7, 11) is 3.20. The summed E-state index contributed by atoms with van der Waals surface area (Å²) in [5.74, 6) is 1.81. The third kappa shape index (κ3) is 4.29. The Hall–Kier alpha value is -2.81. The van der Waals surface area contributed by atoms with Crippen molar-refractivity contribution in [3.05, 3.63) is 40.7 Å². The van der Waals surface area contributed by atoms with Crippen LogP contribution in [0.4, 0.5) is 0 Å². The van der Waals surface area contributed by atoms with Gasteiger partial charge < -0.3 is 14.8 Å². The Bertz CT molecular complexity index is 1050. The van der Waals surface area contributed by atoms with Gasteiger partial charge in [0.15, 0.2) is 0 Å². The summed E-state index contributed by atoms with van der Waals surface area (Å²) in [6, 6.07) is 5.32. The fourth-order valence-corrected chi connectivity index (χ4v) is 3.58. The van der Waals surface area contributed by atoms with Crippen LogP contribution in [0.25, 0.3) is 5.78 Å². The van der Waals surface area contributed by atoms with Crippen LogP contribution in [0.3, 0.4) is 0 Å². The molecule has 0 aliphatic heterocycles. The number of ether oxygens (including phenoxy) is 2. The quantitative estimate of drug-likeness (QED) is 0.593. The minimum Gasteiger partial charge on any atom is -0.497 e. The van der Waals surface area contributed by atoms with Crippen molar-refractivity contribution >= 4 is 23.4 Å². The molecule has 1 unspecified atom stereocenters. The normalized spacial score (nSPS) is 12.1. The zero-order chi connectivity index (χ0) is 21.1. The number of amides is 1. The van der Waals surface area contributed by atoms with E-state index < -0.39 is 0 Å². The highest BCUT2D eigenvalue weighted by molar-refractivity contribution is 7.98. The number of hydrogen-bond donors (Lipinski definition) is 1. The van der Waals surface area contributed by atoms with Crippen LogP contribution in [0.5, 0.6) is 11.5 Å². The molecule has 0 spiro atoms. The summed E-state index contributed by atoms with van der Waals surface area (Å²) in [5, 5.41) is 8.13. The predicted octanol–water partition coefficient (Wildman–Crippen LogP) is 2.90. The number of fused-ring (bicyclic) bond motifs is 1. The van der Waals surface area contributed by atoms with Crippen LogP contribution in [-0.2, 0) is 11.2 Å². The van der Waals surface area contributed by atoms with Crippen LogP contribution >= 0.6 is 11.8 Å². The first-order valence-electron chi connectivity index (χ1n) is 9.16. The summed E-state index contributed by atoms with van der Waals surface area (Å²) in [4.78, 5) is 21.6. The third-order valence-corrected chi connectivity index (χ3v) is 5.37. The van der Waals surface area contributed by atoms with Gasteiger partial charge in [0.2, 0.25) is 11.1 Å². The first-order chi connectivity index (χ1) is 13.9. The molecule has 0 bridgehead atoms. The number of hydrogen-bond acceptors (Lipinski definition) is 7. The molecule has 1 amide bonds. The number of aromatic nitrogens is 4.